The number of hydrogen-bond acceptors (Lipinski definition) is 3. The van der Waals surface area contributed by atoms with Gasteiger partial charge in [-0.2, -0.15) is 0 Å². The molecule has 0 aromatic heterocycles. The van der Waals surface area contributed by atoms with E-state index in [2.05, 4.69) is 28.2 Å². The summed E-state index contributed by atoms with van der Waals surface area (Å²) in [6.07, 6.45) is 1.73. The van der Waals surface area contributed by atoms with E-state index < -0.39 is 0 Å². The SMILES string of the molecule is CCCOc1ccc(CCNC(=O)CBr)cc1OC. The third-order valence-corrected chi connectivity index (χ3v) is 3.06. The van der Waals surface area contributed by atoms with Crippen molar-refractivity contribution in [3.63, 3.8) is 0 Å². The summed E-state index contributed by atoms with van der Waals surface area (Å²) in [5, 5.41) is 3.14. The van der Waals surface area contributed by atoms with Crippen LogP contribution in [0.2, 0.25) is 0 Å². The molecule has 0 saturated heterocycles. The molecule has 1 amide bonds. The monoisotopic (exact) mass is 329 g/mol. The zero-order valence-electron chi connectivity index (χ0n) is 11.4. The average Bonchev–Trinajstić information content (AvgIpc) is 2.45. The van der Waals surface area contributed by atoms with Crippen molar-refractivity contribution in [1.29, 1.82) is 0 Å². The minimum absolute atomic E-state index is 0.00476. The van der Waals surface area contributed by atoms with E-state index in [9.17, 15) is 4.79 Å². The molecule has 5 heteroatoms. The molecule has 0 bridgehead atoms. The Morgan fingerprint density at radius 2 is 2.16 bits per heavy atom. The molecule has 0 fully saturated rings. The van der Waals surface area contributed by atoms with Crippen molar-refractivity contribution in [2.24, 2.45) is 0 Å². The summed E-state index contributed by atoms with van der Waals surface area (Å²) in [6, 6.07) is 5.86. The van der Waals surface area contributed by atoms with Gasteiger partial charge in [0.15, 0.2) is 11.5 Å². The third kappa shape index (κ3) is 5.51. The number of benzene rings is 1. The van der Waals surface area contributed by atoms with Crippen LogP contribution in [0.4, 0.5) is 0 Å². The molecular weight excluding hydrogens is 310 g/mol. The van der Waals surface area contributed by atoms with E-state index in [1.807, 2.05) is 18.2 Å². The molecule has 106 valence electrons. The van der Waals surface area contributed by atoms with E-state index >= 15 is 0 Å². The van der Waals surface area contributed by atoms with Crippen LogP contribution in [0, 0.1) is 0 Å². The number of ether oxygens (including phenoxy) is 2. The molecule has 0 aliphatic carbocycles. The molecule has 0 spiro atoms. The normalized spacial score (nSPS) is 10.1. The Morgan fingerprint density at radius 3 is 2.79 bits per heavy atom. The highest BCUT2D eigenvalue weighted by atomic mass is 79.9. The predicted octanol–water partition coefficient (Wildman–Crippen LogP) is 2.54. The van der Waals surface area contributed by atoms with Gasteiger partial charge < -0.3 is 14.8 Å². The van der Waals surface area contributed by atoms with Crippen LogP contribution in [-0.4, -0.2) is 31.5 Å². The molecular formula is C14H20BrNO3. The third-order valence-electron chi connectivity index (χ3n) is 2.55. The molecule has 0 aliphatic heterocycles. The van der Waals surface area contributed by atoms with E-state index in [0.717, 1.165) is 29.9 Å². The first-order valence-corrected chi connectivity index (χ1v) is 7.45. The second-order valence-electron chi connectivity index (χ2n) is 4.07. The molecule has 4 nitrogen and oxygen atoms in total. The Labute approximate surface area is 122 Å². The number of amides is 1. The maximum atomic E-state index is 11.1. The van der Waals surface area contributed by atoms with Gasteiger partial charge in [-0.3, -0.25) is 4.79 Å². The Balaban J connectivity index is 2.58. The first-order valence-electron chi connectivity index (χ1n) is 6.33. The molecule has 0 unspecified atom stereocenters. The number of alkyl halides is 1. The van der Waals surface area contributed by atoms with Crippen LogP contribution in [0.5, 0.6) is 11.5 Å². The highest BCUT2D eigenvalue weighted by Gasteiger charge is 2.06. The maximum absolute atomic E-state index is 11.1. The number of carbonyl (C=O) groups excluding carboxylic acids is 1. The van der Waals surface area contributed by atoms with Crippen molar-refractivity contribution in [1.82, 2.24) is 5.32 Å². The van der Waals surface area contributed by atoms with Crippen molar-refractivity contribution >= 4 is 21.8 Å². The summed E-state index contributed by atoms with van der Waals surface area (Å²) in [7, 11) is 1.63. The first-order chi connectivity index (χ1) is 9.21. The molecule has 1 rings (SSSR count). The highest BCUT2D eigenvalue weighted by molar-refractivity contribution is 9.09. The second-order valence-corrected chi connectivity index (χ2v) is 4.63. The van der Waals surface area contributed by atoms with Gasteiger partial charge in [0.2, 0.25) is 5.91 Å². The van der Waals surface area contributed by atoms with E-state index in [-0.39, 0.29) is 5.91 Å². The zero-order chi connectivity index (χ0) is 14.1. The maximum Gasteiger partial charge on any atom is 0.230 e. The number of nitrogens with one attached hydrogen (secondary N) is 1. The molecule has 0 aliphatic rings. The summed E-state index contributed by atoms with van der Waals surface area (Å²) in [4.78, 5) is 11.1. The summed E-state index contributed by atoms with van der Waals surface area (Å²) in [6.45, 7) is 3.35. The summed E-state index contributed by atoms with van der Waals surface area (Å²) in [5.74, 6) is 1.49. The van der Waals surface area contributed by atoms with Crippen LogP contribution < -0.4 is 14.8 Å². The average molecular weight is 330 g/mol. The minimum Gasteiger partial charge on any atom is -0.493 e. The zero-order valence-corrected chi connectivity index (χ0v) is 13.0. The van der Waals surface area contributed by atoms with Crippen LogP contribution >= 0.6 is 15.9 Å². The molecule has 0 atom stereocenters. The summed E-state index contributed by atoms with van der Waals surface area (Å²) in [5.41, 5.74) is 1.11. The van der Waals surface area contributed by atoms with E-state index in [0.29, 0.717) is 18.5 Å². The molecule has 1 aromatic carbocycles. The van der Waals surface area contributed by atoms with Crippen LogP contribution in [0.25, 0.3) is 0 Å². The van der Waals surface area contributed by atoms with Crippen LogP contribution in [0.1, 0.15) is 18.9 Å². The second kappa shape index (κ2) is 8.80. The quantitative estimate of drug-likeness (QED) is 0.745. The largest absolute Gasteiger partial charge is 0.493 e. The van der Waals surface area contributed by atoms with Gasteiger partial charge in [0.25, 0.3) is 0 Å². The van der Waals surface area contributed by atoms with Crippen molar-refractivity contribution in [2.75, 3.05) is 25.6 Å². The molecule has 0 radical (unpaired) electrons. The van der Waals surface area contributed by atoms with Gasteiger partial charge in [0.05, 0.1) is 19.0 Å². The fourth-order valence-electron chi connectivity index (χ4n) is 1.59. The Kier molecular flexibility index (Phi) is 7.33. The van der Waals surface area contributed by atoms with Crippen molar-refractivity contribution in [2.45, 2.75) is 19.8 Å². The lowest BCUT2D eigenvalue weighted by molar-refractivity contribution is -0.118. The van der Waals surface area contributed by atoms with Crippen molar-refractivity contribution in [3.8, 4) is 11.5 Å². The molecule has 0 saturated carbocycles. The van der Waals surface area contributed by atoms with Gasteiger partial charge in [-0.1, -0.05) is 28.9 Å². The standard InChI is InChI=1S/C14H20BrNO3/c1-3-8-19-12-5-4-11(9-13(12)18-2)6-7-16-14(17)10-15/h4-5,9H,3,6-8,10H2,1-2H3,(H,16,17). The topological polar surface area (TPSA) is 47.6 Å². The molecule has 0 heterocycles. The summed E-state index contributed by atoms with van der Waals surface area (Å²) >= 11 is 3.11. The number of carbonyl (C=O) groups is 1. The van der Waals surface area contributed by atoms with Gasteiger partial charge >= 0.3 is 0 Å². The Hall–Kier alpha value is -1.23. The number of methoxy groups -OCH3 is 1. The van der Waals surface area contributed by atoms with Gasteiger partial charge in [-0.25, -0.2) is 0 Å². The molecule has 1 aromatic rings. The minimum atomic E-state index is -0.00476. The van der Waals surface area contributed by atoms with Crippen LogP contribution in [-0.2, 0) is 11.2 Å². The number of rotatable bonds is 8. The lowest BCUT2D eigenvalue weighted by Crippen LogP contribution is -2.26. The van der Waals surface area contributed by atoms with Crippen LogP contribution in [0.3, 0.4) is 0 Å². The van der Waals surface area contributed by atoms with Crippen LogP contribution in [0.15, 0.2) is 18.2 Å². The first kappa shape index (κ1) is 15.8. The van der Waals surface area contributed by atoms with E-state index in [4.69, 9.17) is 9.47 Å². The number of halogens is 1. The lowest BCUT2D eigenvalue weighted by atomic mass is 10.1. The van der Waals surface area contributed by atoms with Crippen molar-refractivity contribution < 1.29 is 14.3 Å². The molecule has 19 heavy (non-hydrogen) atoms. The summed E-state index contributed by atoms with van der Waals surface area (Å²) < 4.78 is 10.9. The molecule has 1 N–H and O–H groups in total. The van der Waals surface area contributed by atoms with E-state index in [1.54, 1.807) is 7.11 Å². The lowest BCUT2D eigenvalue weighted by Gasteiger charge is -2.11. The Morgan fingerprint density at radius 1 is 1.37 bits per heavy atom. The Bertz CT molecular complexity index is 410. The van der Waals surface area contributed by atoms with Gasteiger partial charge in [0.1, 0.15) is 0 Å². The van der Waals surface area contributed by atoms with Gasteiger partial charge in [0, 0.05) is 6.54 Å². The fourth-order valence-corrected chi connectivity index (χ4v) is 1.79. The van der Waals surface area contributed by atoms with Crippen molar-refractivity contribution in [3.05, 3.63) is 23.8 Å². The van der Waals surface area contributed by atoms with Gasteiger partial charge in [-0.05, 0) is 30.5 Å². The number of hydrogen-bond donors (Lipinski definition) is 1. The predicted molar refractivity (Wildman–Crippen MR) is 79.3 cm³/mol. The smallest absolute Gasteiger partial charge is 0.230 e. The van der Waals surface area contributed by atoms with Gasteiger partial charge in [-0.15, -0.1) is 0 Å². The fraction of sp³-hybridized carbons (Fsp3) is 0.500. The highest BCUT2D eigenvalue weighted by Crippen LogP contribution is 2.28. The van der Waals surface area contributed by atoms with E-state index in [1.165, 1.54) is 0 Å².